The van der Waals surface area contributed by atoms with Crippen LogP contribution >= 0.6 is 0 Å². The Morgan fingerprint density at radius 3 is 1.02 bits per heavy atom. The van der Waals surface area contributed by atoms with Crippen molar-refractivity contribution < 1.29 is 0 Å². The number of benzene rings is 11. The van der Waals surface area contributed by atoms with Crippen LogP contribution in [0, 0.1) is 80.2 Å². The van der Waals surface area contributed by atoms with E-state index in [2.05, 4.69) is 264 Å². The number of nitrogens with zero attached hydrogens (tertiary/aromatic N) is 4. The molecule has 13 aromatic rings. The summed E-state index contributed by atoms with van der Waals surface area (Å²) in [5.74, 6) is 0. The van der Waals surface area contributed by atoms with E-state index in [1.54, 1.807) is 0 Å². The molecule has 2 aromatic heterocycles. The summed E-state index contributed by atoms with van der Waals surface area (Å²) in [5.41, 5.74) is 31.7. The lowest BCUT2D eigenvalue weighted by Gasteiger charge is -2.20. The minimum Gasteiger partial charge on any atom is -0.309 e. The molecule has 0 N–H and O–H groups in total. The first-order valence-corrected chi connectivity index (χ1v) is 27.9. The van der Waals surface area contributed by atoms with E-state index in [4.69, 9.17) is 6.57 Å². The maximum Gasteiger partial charge on any atom is 0.187 e. The van der Waals surface area contributed by atoms with Crippen LogP contribution in [-0.2, 0) is 0 Å². The highest BCUT2D eigenvalue weighted by molar-refractivity contribution is 6.14. The van der Waals surface area contributed by atoms with Gasteiger partial charge in [-0.25, -0.2) is 4.85 Å². The van der Waals surface area contributed by atoms with Gasteiger partial charge in [-0.05, 0) is 191 Å². The zero-order valence-corrected chi connectivity index (χ0v) is 47.3. The predicted molar refractivity (Wildman–Crippen MR) is 341 cm³/mol. The lowest BCUT2D eigenvalue weighted by molar-refractivity contribution is 1.16. The van der Waals surface area contributed by atoms with Crippen LogP contribution in [0.4, 0.5) is 5.69 Å². The molecule has 0 aliphatic carbocycles. The van der Waals surface area contributed by atoms with E-state index >= 15 is 0 Å². The van der Waals surface area contributed by atoms with E-state index < -0.39 is 0 Å². The van der Waals surface area contributed by atoms with Gasteiger partial charge in [0, 0.05) is 32.7 Å². The Morgan fingerprint density at radius 2 is 0.667 bits per heavy atom. The summed E-state index contributed by atoms with van der Waals surface area (Å²) < 4.78 is 4.84. The first-order chi connectivity index (χ1) is 39.2. The minimum atomic E-state index is 0.570. The Hall–Kier alpha value is -10.0. The number of nitriles is 1. The van der Waals surface area contributed by atoms with Crippen molar-refractivity contribution in [2.24, 2.45) is 0 Å². The fourth-order valence-corrected chi connectivity index (χ4v) is 13.0. The molecule has 0 radical (unpaired) electrons. The maximum atomic E-state index is 10.9. The lowest BCUT2D eigenvalue weighted by Crippen LogP contribution is -2.03. The molecule has 0 bridgehead atoms. The molecule has 0 saturated heterocycles. The molecule has 11 aromatic carbocycles. The maximum absolute atomic E-state index is 10.9. The van der Waals surface area contributed by atoms with E-state index in [9.17, 15) is 5.26 Å². The van der Waals surface area contributed by atoms with Crippen LogP contribution in [0.5, 0.6) is 0 Å². The average molecular weight is 1040 g/mol. The standard InChI is InChI=1S/C77H60N4/c1-45-25-46(2)30-60(29-45)55-12-20-73-68(39-55)69-40-56(61-31-47(3)26-48(4)32-61)13-21-74(69)80(73)72-24-16-59(65-19-17-64(79-10)37-53(65)9)43-67(72)66-18-11-54(44-78)38-77(66)81-75-22-14-57(62-33-49(5)27-50(6)34-62)41-70(75)71-42-58(15-23-76(71)81)63-35-51(7)28-52(8)36-63/h11-43H,1-9H3. The fourth-order valence-electron chi connectivity index (χ4n) is 13.0. The van der Waals surface area contributed by atoms with E-state index in [-0.39, 0.29) is 0 Å². The van der Waals surface area contributed by atoms with Crippen molar-refractivity contribution in [3.8, 4) is 84.2 Å². The molecular formula is C77H60N4. The number of fused-ring (bicyclic) bond motifs is 6. The number of aryl methyl sites for hydroxylation is 9. The molecule has 0 unspecified atom stereocenters. The summed E-state index contributed by atoms with van der Waals surface area (Å²) in [4.78, 5) is 3.79. The SMILES string of the molecule is [C-]#[N+]c1ccc(-c2ccc(-n3c4ccc(-c5cc(C)cc(C)c5)cc4c4cc(-c5cc(C)cc(C)c5)ccc43)c(-c3ccc(C#N)cc3-n3c4ccc(-c5cc(C)cc(C)c5)cc4c4cc(-c5cc(C)cc(C)c5)ccc43)c2)c(C)c1. The second-order valence-electron chi connectivity index (χ2n) is 22.8. The summed E-state index contributed by atoms with van der Waals surface area (Å²) in [6, 6.07) is 76.4. The van der Waals surface area contributed by atoms with Gasteiger partial charge >= 0.3 is 0 Å². The van der Waals surface area contributed by atoms with Crippen LogP contribution in [0.1, 0.15) is 55.6 Å². The largest absolute Gasteiger partial charge is 0.309 e. The molecule has 0 aliphatic rings. The molecule has 81 heavy (non-hydrogen) atoms. The Balaban J connectivity index is 1.12. The van der Waals surface area contributed by atoms with Crippen LogP contribution in [-0.4, -0.2) is 9.13 Å². The quantitative estimate of drug-likeness (QED) is 0.140. The zero-order valence-electron chi connectivity index (χ0n) is 47.3. The molecule has 0 atom stereocenters. The van der Waals surface area contributed by atoms with Crippen molar-refractivity contribution in [2.45, 2.75) is 62.3 Å². The van der Waals surface area contributed by atoms with Gasteiger partial charge in [0.1, 0.15) is 0 Å². The molecule has 2 heterocycles. The normalized spacial score (nSPS) is 11.5. The van der Waals surface area contributed by atoms with Gasteiger partial charge in [0.15, 0.2) is 5.69 Å². The third kappa shape index (κ3) is 9.06. The molecule has 4 nitrogen and oxygen atoms in total. The van der Waals surface area contributed by atoms with Gasteiger partial charge < -0.3 is 9.13 Å². The molecule has 0 amide bonds. The second kappa shape index (κ2) is 19.7. The molecule has 13 rings (SSSR count). The number of rotatable bonds is 8. The Kier molecular flexibility index (Phi) is 12.3. The summed E-state index contributed by atoms with van der Waals surface area (Å²) in [7, 11) is 0. The monoisotopic (exact) mass is 1040 g/mol. The van der Waals surface area contributed by atoms with Gasteiger partial charge in [0.25, 0.3) is 0 Å². The van der Waals surface area contributed by atoms with Crippen LogP contribution in [0.3, 0.4) is 0 Å². The van der Waals surface area contributed by atoms with Gasteiger partial charge in [0.2, 0.25) is 0 Å². The summed E-state index contributed by atoms with van der Waals surface area (Å²) in [5, 5.41) is 15.4. The van der Waals surface area contributed by atoms with Gasteiger partial charge in [-0.3, -0.25) is 0 Å². The molecular weight excluding hydrogens is 981 g/mol. The average Bonchev–Trinajstić information content (AvgIpc) is 3.41. The van der Waals surface area contributed by atoms with Crippen LogP contribution in [0.15, 0.2) is 200 Å². The van der Waals surface area contributed by atoms with Gasteiger partial charge in [-0.15, -0.1) is 0 Å². The number of aromatic nitrogens is 2. The molecule has 0 saturated carbocycles. The molecule has 0 spiro atoms. The van der Waals surface area contributed by atoms with Gasteiger partial charge in [-0.1, -0.05) is 177 Å². The van der Waals surface area contributed by atoms with Gasteiger partial charge in [0.05, 0.1) is 51.6 Å². The smallest absolute Gasteiger partial charge is 0.187 e. The summed E-state index contributed by atoms with van der Waals surface area (Å²) in [6.45, 7) is 27.3. The van der Waals surface area contributed by atoms with Crippen molar-refractivity contribution in [2.75, 3.05) is 0 Å². The minimum absolute atomic E-state index is 0.570. The summed E-state index contributed by atoms with van der Waals surface area (Å²) in [6.07, 6.45) is 0. The predicted octanol–water partition coefficient (Wildman–Crippen LogP) is 21.1. The first kappa shape index (κ1) is 50.5. The van der Waals surface area contributed by atoms with Crippen molar-refractivity contribution in [3.63, 3.8) is 0 Å². The number of hydrogen-bond donors (Lipinski definition) is 0. The van der Waals surface area contributed by atoms with Crippen LogP contribution in [0.25, 0.3) is 127 Å². The first-order valence-electron chi connectivity index (χ1n) is 27.9. The topological polar surface area (TPSA) is 38.0 Å². The Bertz CT molecular complexity index is 4590. The van der Waals surface area contributed by atoms with Crippen molar-refractivity contribution in [1.29, 1.82) is 5.26 Å². The van der Waals surface area contributed by atoms with Crippen molar-refractivity contribution >= 4 is 49.3 Å². The third-order valence-electron chi connectivity index (χ3n) is 16.3. The van der Waals surface area contributed by atoms with Crippen molar-refractivity contribution in [1.82, 2.24) is 9.13 Å². The number of hydrogen-bond acceptors (Lipinski definition) is 1. The fraction of sp³-hybridized carbons (Fsp3) is 0.117. The van der Waals surface area contributed by atoms with Gasteiger partial charge in [-0.2, -0.15) is 5.26 Å². The van der Waals surface area contributed by atoms with E-state index in [1.807, 2.05) is 18.2 Å². The molecule has 388 valence electrons. The molecule has 0 fully saturated rings. The Labute approximate surface area is 474 Å². The lowest BCUT2D eigenvalue weighted by atomic mass is 9.93. The highest BCUT2D eigenvalue weighted by Crippen LogP contribution is 2.46. The molecule has 4 heteroatoms. The van der Waals surface area contributed by atoms with E-state index in [1.165, 1.54) is 77.9 Å². The van der Waals surface area contributed by atoms with E-state index in [0.717, 1.165) is 93.9 Å². The Morgan fingerprint density at radius 1 is 0.309 bits per heavy atom. The van der Waals surface area contributed by atoms with Crippen molar-refractivity contribution in [3.05, 3.63) is 267 Å². The second-order valence-corrected chi connectivity index (χ2v) is 22.8. The third-order valence-corrected chi connectivity index (χ3v) is 16.3. The highest BCUT2D eigenvalue weighted by atomic mass is 15.0. The van der Waals surface area contributed by atoms with E-state index in [0.29, 0.717) is 11.3 Å². The van der Waals surface area contributed by atoms with Crippen LogP contribution < -0.4 is 0 Å². The highest BCUT2D eigenvalue weighted by Gasteiger charge is 2.24. The molecule has 0 aliphatic heterocycles. The zero-order chi connectivity index (χ0) is 56.0. The summed E-state index contributed by atoms with van der Waals surface area (Å²) >= 11 is 0. The van der Waals surface area contributed by atoms with Crippen LogP contribution in [0.2, 0.25) is 0 Å².